The summed E-state index contributed by atoms with van der Waals surface area (Å²) in [5.41, 5.74) is 2.64. The minimum absolute atomic E-state index is 0.102. The van der Waals surface area contributed by atoms with Gasteiger partial charge in [0.25, 0.3) is 5.91 Å². The Bertz CT molecular complexity index is 899. The highest BCUT2D eigenvalue weighted by Gasteiger charge is 2.36. The van der Waals surface area contributed by atoms with Gasteiger partial charge in [-0.3, -0.25) is 9.59 Å². The van der Waals surface area contributed by atoms with Crippen molar-refractivity contribution in [2.24, 2.45) is 5.92 Å². The van der Waals surface area contributed by atoms with E-state index in [1.807, 2.05) is 12.1 Å². The Morgan fingerprint density at radius 2 is 2.15 bits per heavy atom. The number of rotatable bonds is 4. The number of aliphatic hydroxyl groups is 1. The molecule has 1 saturated carbocycles. The lowest BCUT2D eigenvalue weighted by Gasteiger charge is -2.38. The second-order valence-corrected chi connectivity index (χ2v) is 7.20. The number of pyridine rings is 1. The number of aryl methyl sites for hydroxylation is 1. The van der Waals surface area contributed by atoms with Crippen molar-refractivity contribution in [2.75, 3.05) is 6.61 Å². The highest BCUT2D eigenvalue weighted by Crippen LogP contribution is 2.39. The van der Waals surface area contributed by atoms with E-state index in [4.69, 9.17) is 4.74 Å². The Kier molecular flexibility index (Phi) is 4.28. The highest BCUT2D eigenvalue weighted by atomic mass is 16.5. The molecule has 0 unspecified atom stereocenters. The molecule has 2 aromatic rings. The van der Waals surface area contributed by atoms with E-state index in [-0.39, 0.29) is 29.1 Å². The first-order valence-electron chi connectivity index (χ1n) is 8.95. The number of ether oxygens (including phenoxy) is 1. The topological polar surface area (TPSA) is 91.4 Å². The zero-order valence-electron chi connectivity index (χ0n) is 14.6. The van der Waals surface area contributed by atoms with Crippen molar-refractivity contribution in [3.63, 3.8) is 0 Å². The number of hydrogen-bond donors (Lipinski definition) is 3. The van der Waals surface area contributed by atoms with E-state index in [1.54, 1.807) is 6.92 Å². The SMILES string of the molecule is Cc1cc(=O)c(C(=O)N[C@@H](c2ccc3c(c2)CCO3)C2CC(O)C2)c[nH]1. The molecule has 6 heteroatoms. The van der Waals surface area contributed by atoms with Crippen LogP contribution in [0.5, 0.6) is 5.75 Å². The molecule has 0 bridgehead atoms. The Labute approximate surface area is 151 Å². The lowest BCUT2D eigenvalue weighted by atomic mass is 9.74. The normalized spacial score (nSPS) is 22.1. The van der Waals surface area contributed by atoms with Crippen molar-refractivity contribution >= 4 is 5.91 Å². The summed E-state index contributed by atoms with van der Waals surface area (Å²) in [6.45, 7) is 2.45. The summed E-state index contributed by atoms with van der Waals surface area (Å²) in [4.78, 5) is 27.7. The highest BCUT2D eigenvalue weighted by molar-refractivity contribution is 5.94. The Balaban J connectivity index is 1.61. The number of carbonyl (C=O) groups excluding carboxylic acids is 1. The Hall–Kier alpha value is -2.60. The van der Waals surface area contributed by atoms with Crippen LogP contribution in [0.2, 0.25) is 0 Å². The fourth-order valence-electron chi connectivity index (χ4n) is 3.74. The Morgan fingerprint density at radius 1 is 1.35 bits per heavy atom. The summed E-state index contributed by atoms with van der Waals surface area (Å²) in [6, 6.07) is 7.14. The molecule has 1 aromatic heterocycles. The molecule has 1 atom stereocenters. The lowest BCUT2D eigenvalue weighted by molar-refractivity contribution is 0.0235. The predicted octanol–water partition coefficient (Wildman–Crippen LogP) is 1.86. The molecule has 1 aliphatic heterocycles. The van der Waals surface area contributed by atoms with Crippen LogP contribution in [0.3, 0.4) is 0 Å². The minimum atomic E-state index is -0.394. The predicted molar refractivity (Wildman–Crippen MR) is 96.4 cm³/mol. The van der Waals surface area contributed by atoms with E-state index in [0.29, 0.717) is 25.1 Å². The quantitative estimate of drug-likeness (QED) is 0.782. The molecule has 1 fully saturated rings. The maximum atomic E-state index is 12.7. The molecule has 1 aliphatic carbocycles. The summed E-state index contributed by atoms with van der Waals surface area (Å²) in [6.07, 6.45) is 3.27. The van der Waals surface area contributed by atoms with Crippen molar-refractivity contribution in [1.82, 2.24) is 10.3 Å². The van der Waals surface area contributed by atoms with E-state index in [0.717, 1.165) is 23.3 Å². The maximum Gasteiger partial charge on any atom is 0.257 e. The van der Waals surface area contributed by atoms with E-state index in [9.17, 15) is 14.7 Å². The number of aliphatic hydroxyl groups excluding tert-OH is 1. The molecule has 1 amide bonds. The molecule has 0 radical (unpaired) electrons. The van der Waals surface area contributed by atoms with Crippen molar-refractivity contribution in [3.8, 4) is 5.75 Å². The van der Waals surface area contributed by atoms with Crippen LogP contribution in [0.4, 0.5) is 0 Å². The van der Waals surface area contributed by atoms with E-state index >= 15 is 0 Å². The average molecular weight is 354 g/mol. The molecule has 4 rings (SSSR count). The van der Waals surface area contributed by atoms with Gasteiger partial charge in [-0.2, -0.15) is 0 Å². The van der Waals surface area contributed by atoms with Crippen molar-refractivity contribution < 1.29 is 14.6 Å². The molecule has 2 aliphatic rings. The van der Waals surface area contributed by atoms with Crippen molar-refractivity contribution in [3.05, 3.63) is 63.1 Å². The first-order valence-corrected chi connectivity index (χ1v) is 8.95. The summed E-state index contributed by atoms with van der Waals surface area (Å²) >= 11 is 0. The summed E-state index contributed by atoms with van der Waals surface area (Å²) in [5, 5.41) is 12.7. The van der Waals surface area contributed by atoms with Gasteiger partial charge >= 0.3 is 0 Å². The molecular formula is C20H22N2O4. The molecule has 1 aromatic carbocycles. The van der Waals surface area contributed by atoms with Crippen LogP contribution in [0, 0.1) is 12.8 Å². The number of amides is 1. The molecular weight excluding hydrogens is 332 g/mol. The van der Waals surface area contributed by atoms with Crippen LogP contribution in [-0.2, 0) is 6.42 Å². The van der Waals surface area contributed by atoms with Gasteiger partial charge in [-0.15, -0.1) is 0 Å². The van der Waals surface area contributed by atoms with Gasteiger partial charge in [0.2, 0.25) is 0 Å². The van der Waals surface area contributed by atoms with E-state index in [1.165, 1.54) is 12.3 Å². The van der Waals surface area contributed by atoms with Crippen LogP contribution < -0.4 is 15.5 Å². The van der Waals surface area contributed by atoms with Gasteiger partial charge in [0.1, 0.15) is 11.3 Å². The lowest BCUT2D eigenvalue weighted by Crippen LogP contribution is -2.42. The van der Waals surface area contributed by atoms with Gasteiger partial charge in [-0.25, -0.2) is 0 Å². The Morgan fingerprint density at radius 3 is 2.88 bits per heavy atom. The number of nitrogens with one attached hydrogen (secondary N) is 2. The van der Waals surface area contributed by atoms with E-state index in [2.05, 4.69) is 16.4 Å². The van der Waals surface area contributed by atoms with Gasteiger partial charge in [-0.05, 0) is 48.9 Å². The molecule has 0 saturated heterocycles. The van der Waals surface area contributed by atoms with Gasteiger partial charge in [0.05, 0.1) is 18.8 Å². The molecule has 0 spiro atoms. The fourth-order valence-corrected chi connectivity index (χ4v) is 3.74. The van der Waals surface area contributed by atoms with Crippen LogP contribution in [0.1, 0.15) is 46.1 Å². The standard InChI is InChI=1S/C20H22N2O4/c1-11-6-17(24)16(10-21-11)20(25)22-19(14-8-15(23)9-14)13-2-3-18-12(7-13)4-5-26-18/h2-3,6-7,10,14-15,19,23H,4-5,8-9H2,1H3,(H,21,24)(H,22,25)/t14?,15?,19-/m0/s1. The number of hydrogen-bond acceptors (Lipinski definition) is 4. The van der Waals surface area contributed by atoms with Crippen LogP contribution >= 0.6 is 0 Å². The average Bonchev–Trinajstić information content (AvgIpc) is 3.04. The largest absolute Gasteiger partial charge is 0.493 e. The third kappa shape index (κ3) is 3.12. The monoisotopic (exact) mass is 354 g/mol. The van der Waals surface area contributed by atoms with Gasteiger partial charge in [0, 0.05) is 24.4 Å². The van der Waals surface area contributed by atoms with Crippen molar-refractivity contribution in [2.45, 2.75) is 38.3 Å². The van der Waals surface area contributed by atoms with Crippen molar-refractivity contribution in [1.29, 1.82) is 0 Å². The van der Waals surface area contributed by atoms with Crippen LogP contribution in [0.15, 0.2) is 35.3 Å². The molecule has 2 heterocycles. The minimum Gasteiger partial charge on any atom is -0.493 e. The maximum absolute atomic E-state index is 12.7. The first-order chi connectivity index (χ1) is 12.5. The van der Waals surface area contributed by atoms with E-state index < -0.39 is 5.91 Å². The molecule has 3 N–H and O–H groups in total. The summed E-state index contributed by atoms with van der Waals surface area (Å²) in [5.74, 6) is 0.649. The molecule has 26 heavy (non-hydrogen) atoms. The number of aromatic nitrogens is 1. The van der Waals surface area contributed by atoms with Gasteiger partial charge in [-0.1, -0.05) is 6.07 Å². The second kappa shape index (κ2) is 6.61. The van der Waals surface area contributed by atoms with Gasteiger partial charge in [0.15, 0.2) is 5.43 Å². The number of carbonyl (C=O) groups is 1. The molecule has 136 valence electrons. The zero-order valence-corrected chi connectivity index (χ0v) is 14.6. The third-order valence-corrected chi connectivity index (χ3v) is 5.28. The summed E-state index contributed by atoms with van der Waals surface area (Å²) < 4.78 is 5.56. The van der Waals surface area contributed by atoms with Crippen LogP contribution in [0.25, 0.3) is 0 Å². The first kappa shape index (κ1) is 16.8. The zero-order chi connectivity index (χ0) is 18.3. The second-order valence-electron chi connectivity index (χ2n) is 7.20. The number of benzene rings is 1. The van der Waals surface area contributed by atoms with Crippen LogP contribution in [-0.4, -0.2) is 28.7 Å². The summed E-state index contributed by atoms with van der Waals surface area (Å²) in [7, 11) is 0. The number of aromatic amines is 1. The third-order valence-electron chi connectivity index (χ3n) is 5.28. The van der Waals surface area contributed by atoms with Gasteiger partial charge < -0.3 is 20.1 Å². The molecule has 6 nitrogen and oxygen atoms in total. The fraction of sp³-hybridized carbons (Fsp3) is 0.400. The smallest absolute Gasteiger partial charge is 0.257 e. The number of H-pyrrole nitrogens is 1. The number of fused-ring (bicyclic) bond motifs is 1.